The number of benzene rings is 3. The molecule has 0 saturated carbocycles. The monoisotopic (exact) mass is 418 g/mol. The molecule has 2 aliphatic rings. The largest absolute Gasteiger partial charge is 0.586 e. The van der Waals surface area contributed by atoms with E-state index in [1.807, 2.05) is 0 Å². The first-order valence-electron chi connectivity index (χ1n) is 8.49. The van der Waals surface area contributed by atoms with Crippen molar-refractivity contribution in [1.82, 2.24) is 0 Å². The van der Waals surface area contributed by atoms with E-state index in [-0.39, 0.29) is 22.1 Å². The maximum Gasteiger partial charge on any atom is 0.586 e. The van der Waals surface area contributed by atoms with Gasteiger partial charge in [-0.25, -0.2) is 8.42 Å². The van der Waals surface area contributed by atoms with Crippen LogP contribution >= 0.6 is 0 Å². The summed E-state index contributed by atoms with van der Waals surface area (Å²) in [6, 6.07) is 13.8. The van der Waals surface area contributed by atoms with Crippen molar-refractivity contribution in [3.8, 4) is 11.5 Å². The molecule has 5 rings (SSSR count). The van der Waals surface area contributed by atoms with Crippen LogP contribution in [0.1, 0.15) is 0 Å². The van der Waals surface area contributed by atoms with Crippen molar-refractivity contribution in [3.05, 3.63) is 54.6 Å². The Morgan fingerprint density at radius 1 is 1.03 bits per heavy atom. The molecule has 3 aromatic carbocycles. The molecule has 0 bridgehead atoms. The van der Waals surface area contributed by atoms with Crippen LogP contribution in [-0.2, 0) is 14.8 Å². The van der Waals surface area contributed by atoms with Gasteiger partial charge in [0.1, 0.15) is 6.54 Å². The van der Waals surface area contributed by atoms with E-state index in [1.165, 1.54) is 24.3 Å². The number of fused-ring (bicyclic) bond motifs is 1. The number of sulfonamides is 1. The minimum Gasteiger partial charge on any atom is -0.395 e. The zero-order valence-electron chi connectivity index (χ0n) is 14.6. The molecule has 0 atom stereocenters. The summed E-state index contributed by atoms with van der Waals surface area (Å²) in [6.07, 6.45) is -3.76. The molecule has 2 heterocycles. The zero-order valence-corrected chi connectivity index (χ0v) is 15.4. The second-order valence-corrected chi connectivity index (χ2v) is 8.35. The fourth-order valence-corrected chi connectivity index (χ4v) is 5.15. The van der Waals surface area contributed by atoms with E-state index in [1.54, 1.807) is 30.3 Å². The van der Waals surface area contributed by atoms with Crippen molar-refractivity contribution < 1.29 is 31.5 Å². The van der Waals surface area contributed by atoms with Crippen LogP contribution in [0.15, 0.2) is 59.5 Å². The van der Waals surface area contributed by atoms with Crippen molar-refractivity contribution in [1.29, 1.82) is 0 Å². The molecule has 10 heteroatoms. The van der Waals surface area contributed by atoms with E-state index in [9.17, 15) is 22.0 Å². The van der Waals surface area contributed by atoms with Gasteiger partial charge in [-0.1, -0.05) is 24.3 Å². The van der Waals surface area contributed by atoms with Gasteiger partial charge < -0.3 is 14.8 Å². The molecule has 2 aliphatic heterocycles. The topological polar surface area (TPSA) is 84.9 Å². The lowest BCUT2D eigenvalue weighted by Crippen LogP contribution is -2.35. The Hall–Kier alpha value is -3.40. The van der Waals surface area contributed by atoms with E-state index in [2.05, 4.69) is 14.8 Å². The van der Waals surface area contributed by atoms with Gasteiger partial charge in [0.05, 0.1) is 10.6 Å². The van der Waals surface area contributed by atoms with Crippen molar-refractivity contribution in [2.45, 2.75) is 11.2 Å². The predicted octanol–water partition coefficient (Wildman–Crippen LogP) is 3.31. The third-order valence-corrected chi connectivity index (χ3v) is 6.46. The second kappa shape index (κ2) is 5.80. The van der Waals surface area contributed by atoms with Crippen molar-refractivity contribution in [2.75, 3.05) is 16.2 Å². The highest BCUT2D eigenvalue weighted by Crippen LogP contribution is 2.43. The number of carbonyl (C=O) groups excluding carboxylic acids is 1. The first-order chi connectivity index (χ1) is 13.7. The van der Waals surface area contributed by atoms with Crippen molar-refractivity contribution in [3.63, 3.8) is 0 Å². The number of rotatable bonds is 3. The van der Waals surface area contributed by atoms with E-state index in [0.717, 1.165) is 9.69 Å². The predicted molar refractivity (Wildman–Crippen MR) is 99.8 cm³/mol. The van der Waals surface area contributed by atoms with Crippen LogP contribution in [0.25, 0.3) is 10.8 Å². The van der Waals surface area contributed by atoms with Crippen LogP contribution < -0.4 is 19.1 Å². The smallest absolute Gasteiger partial charge is 0.395 e. The number of halogens is 2. The van der Waals surface area contributed by atoms with Crippen molar-refractivity contribution >= 4 is 38.1 Å². The number of amides is 1. The molecule has 1 amide bonds. The summed E-state index contributed by atoms with van der Waals surface area (Å²) in [4.78, 5) is 12.7. The third-order valence-electron chi connectivity index (χ3n) is 4.65. The normalized spacial score (nSPS) is 17.5. The Labute approximate surface area is 163 Å². The van der Waals surface area contributed by atoms with Gasteiger partial charge in [0.15, 0.2) is 11.5 Å². The minimum absolute atomic E-state index is 0.142. The van der Waals surface area contributed by atoms with Crippen LogP contribution in [0, 0.1) is 0 Å². The van der Waals surface area contributed by atoms with Crippen LogP contribution in [-0.4, -0.2) is 27.2 Å². The van der Waals surface area contributed by atoms with Gasteiger partial charge in [-0.3, -0.25) is 9.10 Å². The van der Waals surface area contributed by atoms with E-state index in [4.69, 9.17) is 0 Å². The van der Waals surface area contributed by atoms with Crippen LogP contribution in [0.2, 0.25) is 0 Å². The SMILES string of the molecule is O=C(CN1c2cccc3cccc(c23)S1(=O)=O)Nc1ccc2c(c1)OC(F)(F)O2. The highest BCUT2D eigenvalue weighted by Gasteiger charge is 2.43. The summed E-state index contributed by atoms with van der Waals surface area (Å²) in [5.74, 6) is -1.01. The molecular weight excluding hydrogens is 406 g/mol. The first kappa shape index (κ1) is 17.7. The van der Waals surface area contributed by atoms with Gasteiger partial charge >= 0.3 is 6.29 Å². The number of ether oxygens (including phenoxy) is 2. The van der Waals surface area contributed by atoms with Gasteiger partial charge in [-0.2, -0.15) is 0 Å². The van der Waals surface area contributed by atoms with Gasteiger partial charge in [0.25, 0.3) is 10.0 Å². The van der Waals surface area contributed by atoms with Gasteiger partial charge in [0.2, 0.25) is 5.91 Å². The second-order valence-electron chi connectivity index (χ2n) is 6.52. The molecule has 0 fully saturated rings. The molecule has 148 valence electrons. The Morgan fingerprint density at radius 2 is 1.76 bits per heavy atom. The Balaban J connectivity index is 1.41. The average Bonchev–Trinajstić information content (AvgIpc) is 3.08. The maximum atomic E-state index is 13.1. The highest BCUT2D eigenvalue weighted by atomic mass is 32.2. The lowest BCUT2D eigenvalue weighted by atomic mass is 10.1. The molecule has 7 nitrogen and oxygen atoms in total. The number of nitrogens with one attached hydrogen (secondary N) is 1. The number of nitrogens with zero attached hydrogens (tertiary/aromatic N) is 1. The molecule has 0 radical (unpaired) electrons. The molecule has 0 saturated heterocycles. The fourth-order valence-electron chi connectivity index (χ4n) is 3.49. The van der Waals surface area contributed by atoms with E-state index in [0.29, 0.717) is 11.1 Å². The molecule has 0 unspecified atom stereocenters. The number of hydrogen-bond acceptors (Lipinski definition) is 5. The van der Waals surface area contributed by atoms with Crippen LogP contribution in [0.3, 0.4) is 0 Å². The molecule has 0 aliphatic carbocycles. The van der Waals surface area contributed by atoms with E-state index < -0.39 is 28.8 Å². The molecule has 0 spiro atoms. The Morgan fingerprint density at radius 3 is 2.55 bits per heavy atom. The summed E-state index contributed by atoms with van der Waals surface area (Å²) in [5, 5.41) is 3.81. The quantitative estimate of drug-likeness (QED) is 0.706. The number of anilines is 2. The van der Waals surface area contributed by atoms with Crippen molar-refractivity contribution in [2.24, 2.45) is 0 Å². The Bertz CT molecular complexity index is 1290. The molecule has 3 aromatic rings. The van der Waals surface area contributed by atoms with Crippen LogP contribution in [0.4, 0.5) is 20.2 Å². The highest BCUT2D eigenvalue weighted by molar-refractivity contribution is 7.93. The summed E-state index contributed by atoms with van der Waals surface area (Å²) < 4.78 is 61.7. The summed E-state index contributed by atoms with van der Waals surface area (Å²) in [7, 11) is -3.88. The summed E-state index contributed by atoms with van der Waals surface area (Å²) in [5.41, 5.74) is 0.584. The minimum atomic E-state index is -3.88. The third kappa shape index (κ3) is 2.75. The zero-order chi connectivity index (χ0) is 20.4. The Kier molecular flexibility index (Phi) is 3.54. The number of hydrogen-bond donors (Lipinski definition) is 1. The lowest BCUT2D eigenvalue weighted by molar-refractivity contribution is -0.286. The first-order valence-corrected chi connectivity index (χ1v) is 9.93. The molecule has 1 N–H and O–H groups in total. The lowest BCUT2D eigenvalue weighted by Gasteiger charge is -2.18. The fraction of sp³-hybridized carbons (Fsp3) is 0.105. The van der Waals surface area contributed by atoms with Gasteiger partial charge in [-0.05, 0) is 29.7 Å². The van der Waals surface area contributed by atoms with E-state index >= 15 is 0 Å². The standard InChI is InChI=1S/C19H12F2N2O5S/c20-19(21)27-14-8-7-12(9-15(14)28-19)22-17(24)10-23-13-5-1-3-11-4-2-6-16(18(11)13)29(23,25)26/h1-9H,10H2,(H,22,24). The number of alkyl halides is 2. The summed E-state index contributed by atoms with van der Waals surface area (Å²) >= 11 is 0. The maximum absolute atomic E-state index is 13.1. The molecule has 29 heavy (non-hydrogen) atoms. The van der Waals surface area contributed by atoms with Crippen LogP contribution in [0.5, 0.6) is 11.5 Å². The number of carbonyl (C=O) groups is 1. The molecule has 0 aromatic heterocycles. The average molecular weight is 418 g/mol. The van der Waals surface area contributed by atoms with Gasteiger partial charge in [0, 0.05) is 17.1 Å². The molecular formula is C19H12F2N2O5S. The summed E-state index contributed by atoms with van der Waals surface area (Å²) in [6.45, 7) is -0.471. The van der Waals surface area contributed by atoms with Gasteiger partial charge in [-0.15, -0.1) is 8.78 Å².